The molecule has 5 amide bonds. The Kier molecular flexibility index (Phi) is 26.1. The van der Waals surface area contributed by atoms with Crippen LogP contribution in [-0.2, 0) is 50.1 Å². The Morgan fingerprint density at radius 2 is 1.56 bits per heavy atom. The number of rotatable bonds is 37. The van der Waals surface area contributed by atoms with Gasteiger partial charge in [-0.1, -0.05) is 31.7 Å². The molecule has 7 rings (SSSR count). The summed E-state index contributed by atoms with van der Waals surface area (Å²) >= 11 is 0. The fourth-order valence-corrected chi connectivity index (χ4v) is 12.1. The monoisotopic (exact) mass is 1400 g/mol. The van der Waals surface area contributed by atoms with Gasteiger partial charge >= 0.3 is 13.1 Å². The quantitative estimate of drug-likeness (QED) is 0.00549. The number of quaternary nitrogens is 2. The van der Waals surface area contributed by atoms with E-state index in [0.29, 0.717) is 52.1 Å². The Balaban J connectivity index is 0.856. The second-order valence-electron chi connectivity index (χ2n) is 26.8. The van der Waals surface area contributed by atoms with E-state index in [0.717, 1.165) is 63.4 Å². The number of nitrogens with zero attached hydrogens (tertiary/aromatic N) is 7. The predicted octanol–water partition coefficient (Wildman–Crippen LogP) is 6.29. The number of allylic oxidation sites excluding steroid dienone is 3. The van der Waals surface area contributed by atoms with Crippen LogP contribution in [0.1, 0.15) is 111 Å². The van der Waals surface area contributed by atoms with Gasteiger partial charge in [0.25, 0.3) is 21.7 Å². The highest BCUT2D eigenvalue weighted by atomic mass is 32.2. The van der Waals surface area contributed by atoms with Crippen LogP contribution in [0.15, 0.2) is 84.2 Å². The summed E-state index contributed by atoms with van der Waals surface area (Å²) in [4.78, 5) is 98.1. The fourth-order valence-electron chi connectivity index (χ4n) is 11.5. The van der Waals surface area contributed by atoms with Crippen molar-refractivity contribution >= 4 is 82.4 Å². The maximum atomic E-state index is 17.7. The average Bonchev–Trinajstić information content (AvgIpc) is 1.56. The Morgan fingerprint density at radius 3 is 2.17 bits per heavy atom. The molecule has 0 radical (unpaired) electrons. The summed E-state index contributed by atoms with van der Waals surface area (Å²) < 4.78 is 95.1. The van der Waals surface area contributed by atoms with Crippen LogP contribution in [-0.4, -0.2) is 226 Å². The smallest absolute Gasteiger partial charge is 0.494 e. The standard InChI is InChI=1S/C67H91BF2N12O16S/c1-13-53(65(86)72-42-63(84)75-55(43-99(91,92)93)66(87)71-30-31-76(5)32-36-96-61-41-58(80(89)90)52(39-60(61)94-12)46(4)97-67(88)98-79-45(3)21-29-64(79)85)74-62(83)19-16-35-95-51-26-23-47(24-27-51)22-25-50-37-48(17-14-33-81(6,7)8)56-40-57-49(18-15-34-82(9,10)11)38-59(54-28-20-44(2)73-54)78(57)68(69,70)77(50)56/h20,22-28,37-41,46,53,55,73H,3,13-19,21,29-36,42-43H2,1-2,4-12H3,(H3-2,71,72,74,75,83,84,86,87,91,92,93)/p+2/b25-22+. The van der Waals surface area contributed by atoms with Crippen molar-refractivity contribution in [3.8, 4) is 17.2 Å². The molecule has 0 saturated carbocycles. The van der Waals surface area contributed by atoms with Crippen molar-refractivity contribution < 1.29 is 92.5 Å². The molecular weight excluding hydrogens is 1310 g/mol. The highest BCUT2D eigenvalue weighted by Gasteiger charge is 2.55. The fraction of sp³-hybridized carbons (Fsp3) is 0.478. The lowest BCUT2D eigenvalue weighted by Gasteiger charge is -2.31. The summed E-state index contributed by atoms with van der Waals surface area (Å²) in [5.41, 5.74) is 5.55. The van der Waals surface area contributed by atoms with Gasteiger partial charge in [0, 0.05) is 80.1 Å². The maximum absolute atomic E-state index is 17.7. The molecule has 0 aliphatic carbocycles. The molecule has 2 aromatic heterocycles. The first-order valence-electron chi connectivity index (χ1n) is 32.7. The minimum absolute atomic E-state index is 0.0303. The summed E-state index contributed by atoms with van der Waals surface area (Å²) in [5.74, 6) is -4.37. The van der Waals surface area contributed by atoms with Crippen LogP contribution in [0.5, 0.6) is 17.2 Å². The molecule has 5 heterocycles. The molecule has 99 heavy (non-hydrogen) atoms. The van der Waals surface area contributed by atoms with Crippen molar-refractivity contribution in [3.63, 3.8) is 0 Å². The van der Waals surface area contributed by atoms with E-state index in [4.69, 9.17) is 23.8 Å². The van der Waals surface area contributed by atoms with Gasteiger partial charge in [-0.05, 0) is 107 Å². The molecule has 28 nitrogen and oxygen atoms in total. The Hall–Kier alpha value is -9.24. The van der Waals surface area contributed by atoms with Gasteiger partial charge in [-0.3, -0.25) is 43.5 Å². The number of fused-ring (bicyclic) bond motifs is 2. The van der Waals surface area contributed by atoms with Crippen molar-refractivity contribution in [2.24, 2.45) is 0 Å². The lowest BCUT2D eigenvalue weighted by atomic mass is 9.88. The van der Waals surface area contributed by atoms with E-state index in [9.17, 15) is 51.9 Å². The zero-order valence-electron chi connectivity index (χ0n) is 58.1. The largest absolute Gasteiger partial charge is 0.737 e. The molecule has 0 spiro atoms. The van der Waals surface area contributed by atoms with E-state index in [1.54, 1.807) is 55.3 Å². The molecule has 3 unspecified atom stereocenters. The number of hydrogen-bond acceptors (Lipinski definition) is 16. The van der Waals surface area contributed by atoms with Crippen molar-refractivity contribution in [1.29, 1.82) is 0 Å². The third-order valence-electron chi connectivity index (χ3n) is 16.6. The van der Waals surface area contributed by atoms with Crippen LogP contribution in [0.25, 0.3) is 18.2 Å². The molecule has 538 valence electrons. The highest BCUT2D eigenvalue weighted by Crippen LogP contribution is 2.42. The van der Waals surface area contributed by atoms with Gasteiger partial charge in [0.2, 0.25) is 23.6 Å². The molecule has 6 N–H and O–H groups in total. The van der Waals surface area contributed by atoms with E-state index >= 15 is 8.63 Å². The minimum Gasteiger partial charge on any atom is -0.494 e. The number of aromatic amines is 1. The number of hydroxylamine groups is 2. The third-order valence-corrected chi connectivity index (χ3v) is 17.4. The lowest BCUT2D eigenvalue weighted by molar-refractivity contribution is -0.870. The molecule has 2 aromatic carbocycles. The van der Waals surface area contributed by atoms with Gasteiger partial charge in [0.1, 0.15) is 42.0 Å². The van der Waals surface area contributed by atoms with E-state index < -0.39 is 93.9 Å². The molecule has 0 bridgehead atoms. The first-order valence-corrected chi connectivity index (χ1v) is 34.3. The van der Waals surface area contributed by atoms with Crippen molar-refractivity contribution in [2.45, 2.75) is 96.7 Å². The Bertz CT molecular complexity index is 3890. The summed E-state index contributed by atoms with van der Waals surface area (Å²) in [6.45, 7) is 5.49. The van der Waals surface area contributed by atoms with E-state index in [2.05, 4.69) is 75.1 Å². The number of aromatic nitrogens is 2. The summed E-state index contributed by atoms with van der Waals surface area (Å²) in [6.07, 6.45) is 8.51. The SMILES string of the molecule is C=C1CCC(=O)N1OC(=O)OC(C)c1cc(OC)c(OCCN(C)CCNC(=O)C(CS(=O)(=O)O)NC(=O)CNC(=O)C(CC)NC(=O)CCCOc2ccc(/C=C/c3cc(CCC[N+](C)(C)C)c4n3[B-](F)(F)[N+]3=C(c5ccc(C)[nH]5)C=C(CCC[N+](C)(C)C)C3=C4)cc2)cc1[N+](=O)[O-]. The molecule has 4 aromatic rings. The molecule has 3 atom stereocenters. The summed E-state index contributed by atoms with van der Waals surface area (Å²) in [5, 5.41) is 22.5. The molecule has 1 fully saturated rings. The number of halogens is 2. The second kappa shape index (κ2) is 33.5. The number of carbonyl (C=O) groups excluding carboxylic acids is 6. The number of H-pyrrole nitrogens is 1. The van der Waals surface area contributed by atoms with Crippen molar-refractivity contribution in [3.05, 3.63) is 134 Å². The first kappa shape index (κ1) is 77.1. The van der Waals surface area contributed by atoms with Gasteiger partial charge in [0.05, 0.1) is 97.9 Å². The number of methoxy groups -OCH3 is 1. The van der Waals surface area contributed by atoms with Gasteiger partial charge in [0.15, 0.2) is 22.9 Å². The summed E-state index contributed by atoms with van der Waals surface area (Å²) in [7, 11) is 10.8. The number of nitrogens with one attached hydrogen (secondary N) is 5. The van der Waals surface area contributed by atoms with Crippen LogP contribution >= 0.6 is 0 Å². The molecule has 3 aliphatic heterocycles. The van der Waals surface area contributed by atoms with E-state index in [1.807, 2.05) is 37.3 Å². The Labute approximate surface area is 575 Å². The zero-order chi connectivity index (χ0) is 72.7. The normalized spacial score (nSPS) is 15.4. The minimum atomic E-state index is -4.82. The number of nitro groups is 1. The zero-order valence-corrected chi connectivity index (χ0v) is 58.9. The van der Waals surface area contributed by atoms with Gasteiger partial charge in [-0.2, -0.15) is 8.42 Å². The average molecular weight is 1400 g/mol. The number of aryl methyl sites for hydroxylation is 2. The predicted molar refractivity (Wildman–Crippen MR) is 368 cm³/mol. The van der Waals surface area contributed by atoms with Crippen molar-refractivity contribution in [2.75, 3.05) is 115 Å². The second-order valence-corrected chi connectivity index (χ2v) is 28.3. The topological polar surface area (TPSA) is 324 Å². The van der Waals surface area contributed by atoms with Crippen LogP contribution in [0, 0.1) is 17.0 Å². The van der Waals surface area contributed by atoms with Gasteiger partial charge < -0.3 is 76.7 Å². The third kappa shape index (κ3) is 21.9. The number of hydrogen-bond donors (Lipinski definition) is 6. The van der Waals surface area contributed by atoms with Crippen LogP contribution in [0.2, 0.25) is 0 Å². The van der Waals surface area contributed by atoms with E-state index in [-0.39, 0.29) is 87.7 Å². The highest BCUT2D eigenvalue weighted by molar-refractivity contribution is 7.85. The number of benzene rings is 2. The summed E-state index contributed by atoms with van der Waals surface area (Å²) in [6, 6.07) is 12.2. The van der Waals surface area contributed by atoms with Crippen molar-refractivity contribution in [1.82, 2.24) is 40.7 Å². The number of carbonyl (C=O) groups is 6. The van der Waals surface area contributed by atoms with Crippen LogP contribution in [0.3, 0.4) is 0 Å². The number of likely N-dealkylation sites (N-methyl/N-ethyl adjacent to an activating group) is 1. The van der Waals surface area contributed by atoms with Crippen LogP contribution < -0.4 is 35.5 Å². The van der Waals surface area contributed by atoms with Gasteiger partial charge in [-0.15, -0.1) is 5.06 Å². The number of nitro benzene ring substituents is 1. The molecule has 1 saturated heterocycles. The van der Waals surface area contributed by atoms with Crippen LogP contribution in [0.4, 0.5) is 19.1 Å². The number of amides is 5. The molecule has 32 heteroatoms. The maximum Gasteiger partial charge on any atom is 0.737 e. The van der Waals surface area contributed by atoms with E-state index in [1.165, 1.54) is 29.1 Å². The molecular formula is C67H93BF2N12O16S+2. The number of ether oxygens (including phenoxy) is 4. The lowest BCUT2D eigenvalue weighted by Crippen LogP contribution is -2.54. The van der Waals surface area contributed by atoms with Gasteiger partial charge in [-0.25, -0.2) is 4.79 Å². The molecule has 3 aliphatic rings. The first-order chi connectivity index (χ1) is 46.5. The Morgan fingerprint density at radius 1 is 0.879 bits per heavy atom.